The zero-order valence-corrected chi connectivity index (χ0v) is 10.1. The van der Waals surface area contributed by atoms with Gasteiger partial charge in [-0.15, -0.1) is 11.6 Å². The van der Waals surface area contributed by atoms with Crippen LogP contribution in [-0.4, -0.2) is 11.0 Å². The van der Waals surface area contributed by atoms with E-state index in [0.29, 0.717) is 0 Å². The molecule has 17 heavy (non-hydrogen) atoms. The molecule has 1 N–H and O–H groups in total. The zero-order valence-electron chi connectivity index (χ0n) is 9.36. The van der Waals surface area contributed by atoms with Crippen molar-refractivity contribution in [1.29, 1.82) is 0 Å². The highest BCUT2D eigenvalue weighted by Crippen LogP contribution is 2.37. The van der Waals surface area contributed by atoms with E-state index in [1.807, 2.05) is 6.07 Å². The van der Waals surface area contributed by atoms with Crippen LogP contribution < -0.4 is 0 Å². The smallest absolute Gasteiger partial charge is 0.0925 e. The van der Waals surface area contributed by atoms with Gasteiger partial charge in [0, 0.05) is 0 Å². The predicted molar refractivity (Wildman–Crippen MR) is 70.4 cm³/mol. The highest BCUT2D eigenvalue weighted by Gasteiger charge is 2.19. The average Bonchev–Trinajstić information content (AvgIpc) is 2.75. The standard InChI is InChI=1S/C15H13ClO/c16-9-15(17)11-5-6-14-12(8-11)7-10-3-1-2-4-13(10)14/h1-6,8,15,17H,7,9H2/t15-/m0/s1. The second kappa shape index (κ2) is 4.17. The Balaban J connectivity index is 2.07. The number of benzene rings is 2. The molecule has 1 atom stereocenters. The summed E-state index contributed by atoms with van der Waals surface area (Å²) in [5.74, 6) is 0.242. The van der Waals surface area contributed by atoms with Crippen molar-refractivity contribution >= 4 is 11.6 Å². The average molecular weight is 245 g/mol. The molecule has 0 unspecified atom stereocenters. The van der Waals surface area contributed by atoms with Gasteiger partial charge in [-0.05, 0) is 34.2 Å². The molecular formula is C15H13ClO. The molecule has 0 saturated heterocycles. The minimum Gasteiger partial charge on any atom is -0.387 e. The summed E-state index contributed by atoms with van der Waals surface area (Å²) in [5.41, 5.74) is 6.15. The van der Waals surface area contributed by atoms with Gasteiger partial charge in [-0.1, -0.05) is 42.5 Å². The van der Waals surface area contributed by atoms with Crippen LogP contribution in [0.4, 0.5) is 0 Å². The van der Waals surface area contributed by atoms with E-state index in [4.69, 9.17) is 11.6 Å². The molecule has 1 nitrogen and oxygen atoms in total. The van der Waals surface area contributed by atoms with Gasteiger partial charge < -0.3 is 5.11 Å². The van der Waals surface area contributed by atoms with Gasteiger partial charge in [-0.25, -0.2) is 0 Å². The Kier molecular flexibility index (Phi) is 2.65. The molecule has 1 aliphatic rings. The largest absolute Gasteiger partial charge is 0.387 e. The Hall–Kier alpha value is -1.31. The number of alkyl halides is 1. The summed E-state index contributed by atoms with van der Waals surface area (Å²) >= 11 is 5.68. The van der Waals surface area contributed by atoms with Gasteiger partial charge in [0.1, 0.15) is 0 Å². The number of aliphatic hydroxyl groups excluding tert-OH is 1. The van der Waals surface area contributed by atoms with Crippen molar-refractivity contribution in [1.82, 2.24) is 0 Å². The molecule has 2 aromatic carbocycles. The molecule has 0 fully saturated rings. The first kappa shape index (κ1) is 10.8. The van der Waals surface area contributed by atoms with Crippen molar-refractivity contribution in [3.05, 3.63) is 59.2 Å². The fraction of sp³-hybridized carbons (Fsp3) is 0.200. The Labute approximate surface area is 106 Å². The van der Waals surface area contributed by atoms with E-state index in [-0.39, 0.29) is 5.88 Å². The van der Waals surface area contributed by atoms with Crippen molar-refractivity contribution in [3.63, 3.8) is 0 Å². The van der Waals surface area contributed by atoms with Crippen LogP contribution in [-0.2, 0) is 6.42 Å². The number of hydrogen-bond acceptors (Lipinski definition) is 1. The molecule has 2 heteroatoms. The van der Waals surface area contributed by atoms with Gasteiger partial charge in [-0.2, -0.15) is 0 Å². The highest BCUT2D eigenvalue weighted by molar-refractivity contribution is 6.18. The maximum Gasteiger partial charge on any atom is 0.0925 e. The van der Waals surface area contributed by atoms with Crippen molar-refractivity contribution in [2.45, 2.75) is 12.5 Å². The summed E-state index contributed by atoms with van der Waals surface area (Å²) in [6, 6.07) is 14.6. The maximum atomic E-state index is 9.75. The van der Waals surface area contributed by atoms with E-state index in [1.54, 1.807) is 0 Å². The lowest BCUT2D eigenvalue weighted by Crippen LogP contribution is -1.99. The quantitative estimate of drug-likeness (QED) is 0.684. The van der Waals surface area contributed by atoms with Crippen molar-refractivity contribution < 1.29 is 5.11 Å². The lowest BCUT2D eigenvalue weighted by atomic mass is 10.0. The summed E-state index contributed by atoms with van der Waals surface area (Å²) in [6.07, 6.45) is 0.389. The molecule has 0 spiro atoms. The highest BCUT2D eigenvalue weighted by atomic mass is 35.5. The maximum absolute atomic E-state index is 9.75. The van der Waals surface area contributed by atoms with Gasteiger partial charge in [-0.3, -0.25) is 0 Å². The van der Waals surface area contributed by atoms with E-state index in [2.05, 4.69) is 36.4 Å². The first-order valence-electron chi connectivity index (χ1n) is 5.74. The van der Waals surface area contributed by atoms with Crippen LogP contribution >= 0.6 is 11.6 Å². The number of rotatable bonds is 2. The Morgan fingerprint density at radius 1 is 1.06 bits per heavy atom. The molecule has 0 amide bonds. The van der Waals surface area contributed by atoms with E-state index in [1.165, 1.54) is 22.3 Å². The van der Waals surface area contributed by atoms with E-state index < -0.39 is 6.10 Å². The monoisotopic (exact) mass is 244 g/mol. The second-order valence-corrected chi connectivity index (χ2v) is 4.73. The number of halogens is 1. The van der Waals surface area contributed by atoms with Crippen LogP contribution in [0, 0.1) is 0 Å². The molecule has 86 valence electrons. The third-order valence-corrected chi connectivity index (χ3v) is 3.64. The molecule has 0 aromatic heterocycles. The Bertz CT molecular complexity index is 563. The van der Waals surface area contributed by atoms with Crippen LogP contribution in [0.1, 0.15) is 22.8 Å². The van der Waals surface area contributed by atoms with Crippen molar-refractivity contribution in [2.24, 2.45) is 0 Å². The van der Waals surface area contributed by atoms with Crippen molar-refractivity contribution in [2.75, 3.05) is 5.88 Å². The molecular weight excluding hydrogens is 232 g/mol. The topological polar surface area (TPSA) is 20.2 Å². The molecule has 3 rings (SSSR count). The van der Waals surface area contributed by atoms with Gasteiger partial charge in [0.15, 0.2) is 0 Å². The van der Waals surface area contributed by atoms with Crippen LogP contribution in [0.25, 0.3) is 11.1 Å². The van der Waals surface area contributed by atoms with Gasteiger partial charge in [0.05, 0.1) is 12.0 Å². The lowest BCUT2D eigenvalue weighted by Gasteiger charge is -2.09. The molecule has 0 radical (unpaired) electrons. The van der Waals surface area contributed by atoms with Crippen LogP contribution in [0.3, 0.4) is 0 Å². The van der Waals surface area contributed by atoms with E-state index >= 15 is 0 Å². The molecule has 0 bridgehead atoms. The summed E-state index contributed by atoms with van der Waals surface area (Å²) < 4.78 is 0. The molecule has 0 saturated carbocycles. The molecule has 0 aliphatic heterocycles. The number of hydrogen-bond donors (Lipinski definition) is 1. The van der Waals surface area contributed by atoms with E-state index in [9.17, 15) is 5.11 Å². The summed E-state index contributed by atoms with van der Waals surface area (Å²) in [6.45, 7) is 0. The fourth-order valence-electron chi connectivity index (χ4n) is 2.46. The van der Waals surface area contributed by atoms with Crippen molar-refractivity contribution in [3.8, 4) is 11.1 Å². The summed E-state index contributed by atoms with van der Waals surface area (Å²) in [7, 11) is 0. The van der Waals surface area contributed by atoms with Crippen LogP contribution in [0.5, 0.6) is 0 Å². The van der Waals surface area contributed by atoms with Gasteiger partial charge in [0.25, 0.3) is 0 Å². The molecule has 0 heterocycles. The normalized spacial score (nSPS) is 14.2. The first-order valence-corrected chi connectivity index (χ1v) is 6.28. The van der Waals surface area contributed by atoms with Crippen LogP contribution in [0.2, 0.25) is 0 Å². The predicted octanol–water partition coefficient (Wildman–Crippen LogP) is 3.53. The minimum atomic E-state index is -0.564. The zero-order chi connectivity index (χ0) is 11.8. The SMILES string of the molecule is O[C@@H](CCl)c1ccc2c(c1)Cc1ccccc1-2. The minimum absolute atomic E-state index is 0.242. The van der Waals surface area contributed by atoms with Gasteiger partial charge in [0.2, 0.25) is 0 Å². The number of fused-ring (bicyclic) bond motifs is 3. The number of aliphatic hydroxyl groups is 1. The van der Waals surface area contributed by atoms with E-state index in [0.717, 1.165) is 12.0 Å². The molecule has 2 aromatic rings. The van der Waals surface area contributed by atoms with Gasteiger partial charge >= 0.3 is 0 Å². The summed E-state index contributed by atoms with van der Waals surface area (Å²) in [5, 5.41) is 9.75. The summed E-state index contributed by atoms with van der Waals surface area (Å²) in [4.78, 5) is 0. The Morgan fingerprint density at radius 3 is 2.65 bits per heavy atom. The lowest BCUT2D eigenvalue weighted by molar-refractivity contribution is 0.202. The first-order chi connectivity index (χ1) is 8.29. The van der Waals surface area contributed by atoms with Crippen LogP contribution in [0.15, 0.2) is 42.5 Å². The second-order valence-electron chi connectivity index (χ2n) is 4.42. The third-order valence-electron chi connectivity index (χ3n) is 3.35. The Morgan fingerprint density at radius 2 is 1.82 bits per heavy atom. The molecule has 1 aliphatic carbocycles. The third kappa shape index (κ3) is 1.76. The fourth-order valence-corrected chi connectivity index (χ4v) is 2.64.